The van der Waals surface area contributed by atoms with Gasteiger partial charge in [0.25, 0.3) is 0 Å². The van der Waals surface area contributed by atoms with Gasteiger partial charge >= 0.3 is 6.03 Å². The average Bonchev–Trinajstić information content (AvgIpc) is 2.44. The first kappa shape index (κ1) is 18.2. The van der Waals surface area contributed by atoms with E-state index in [0.717, 1.165) is 5.57 Å². The van der Waals surface area contributed by atoms with Crippen molar-refractivity contribution in [3.05, 3.63) is 36.4 Å². The van der Waals surface area contributed by atoms with Crippen LogP contribution < -0.4 is 5.32 Å². The fourth-order valence-electron chi connectivity index (χ4n) is 1.92. The molecule has 22 heavy (non-hydrogen) atoms. The Morgan fingerprint density at radius 3 is 2.41 bits per heavy atom. The van der Waals surface area contributed by atoms with Gasteiger partial charge in [-0.3, -0.25) is 0 Å². The fraction of sp³-hybridized carbons (Fsp3) is 0.438. The summed E-state index contributed by atoms with van der Waals surface area (Å²) in [7, 11) is -3.46. The third-order valence-corrected chi connectivity index (χ3v) is 5.40. The molecule has 0 aromatic heterocycles. The monoisotopic (exact) mass is 324 g/mol. The maximum Gasteiger partial charge on any atom is 0.322 e. The van der Waals surface area contributed by atoms with Gasteiger partial charge in [0.05, 0.1) is 15.8 Å². The molecule has 2 amide bonds. The molecule has 0 bridgehead atoms. The van der Waals surface area contributed by atoms with Crippen LogP contribution in [0.2, 0.25) is 0 Å². The van der Waals surface area contributed by atoms with Gasteiger partial charge in [0.2, 0.25) is 0 Å². The van der Waals surface area contributed by atoms with Gasteiger partial charge in [-0.2, -0.15) is 0 Å². The summed E-state index contributed by atoms with van der Waals surface area (Å²) in [5, 5.41) is 2.14. The van der Waals surface area contributed by atoms with Crippen molar-refractivity contribution in [3.8, 4) is 0 Å². The van der Waals surface area contributed by atoms with Crippen molar-refractivity contribution < 1.29 is 13.2 Å². The number of benzene rings is 1. The average molecular weight is 324 g/mol. The van der Waals surface area contributed by atoms with Gasteiger partial charge in [-0.1, -0.05) is 24.3 Å². The van der Waals surface area contributed by atoms with Crippen LogP contribution in [-0.2, 0) is 9.84 Å². The maximum atomic E-state index is 12.4. The third kappa shape index (κ3) is 4.34. The van der Waals surface area contributed by atoms with Crippen molar-refractivity contribution >= 4 is 21.6 Å². The van der Waals surface area contributed by atoms with Crippen LogP contribution in [0.25, 0.3) is 0 Å². The summed E-state index contributed by atoms with van der Waals surface area (Å²) in [6.07, 6.45) is 0. The van der Waals surface area contributed by atoms with Gasteiger partial charge in [0, 0.05) is 13.1 Å². The Labute approximate surface area is 132 Å². The minimum absolute atomic E-state index is 0.143. The van der Waals surface area contributed by atoms with Crippen molar-refractivity contribution in [2.75, 3.05) is 18.4 Å². The molecule has 1 aromatic rings. The zero-order valence-corrected chi connectivity index (χ0v) is 14.4. The number of urea groups is 1. The number of carbonyl (C=O) groups excluding carboxylic acids is 1. The summed E-state index contributed by atoms with van der Waals surface area (Å²) >= 11 is 0. The van der Waals surface area contributed by atoms with E-state index in [1.54, 1.807) is 36.9 Å². The number of hydrogen-bond acceptors (Lipinski definition) is 3. The molecular weight excluding hydrogens is 300 g/mol. The Kier molecular flexibility index (Phi) is 6.17. The fourth-order valence-corrected chi connectivity index (χ4v) is 3.12. The minimum atomic E-state index is -3.46. The molecular formula is C16H24N2O3S. The number of hydrogen-bond donors (Lipinski definition) is 1. The van der Waals surface area contributed by atoms with Crippen molar-refractivity contribution in [1.29, 1.82) is 0 Å². The molecule has 0 atom stereocenters. The molecule has 0 saturated heterocycles. The van der Waals surface area contributed by atoms with Crippen LogP contribution in [0.4, 0.5) is 10.5 Å². The second-order valence-electron chi connectivity index (χ2n) is 5.49. The summed E-state index contributed by atoms with van der Waals surface area (Å²) < 4.78 is 24.7. The van der Waals surface area contributed by atoms with Crippen molar-refractivity contribution in [2.45, 2.75) is 37.8 Å². The number of para-hydroxylation sites is 1. The zero-order valence-electron chi connectivity index (χ0n) is 13.6. The molecule has 0 aliphatic carbocycles. The number of nitrogens with one attached hydrogen (secondary N) is 1. The van der Waals surface area contributed by atoms with Gasteiger partial charge in [-0.05, 0) is 39.8 Å². The molecule has 6 heteroatoms. The molecule has 0 unspecified atom stereocenters. The number of amides is 2. The highest BCUT2D eigenvalue weighted by Gasteiger charge is 2.24. The van der Waals surface area contributed by atoms with E-state index >= 15 is 0 Å². The zero-order chi connectivity index (χ0) is 16.9. The van der Waals surface area contributed by atoms with Crippen LogP contribution in [0.5, 0.6) is 0 Å². The van der Waals surface area contributed by atoms with Crippen LogP contribution in [-0.4, -0.2) is 37.7 Å². The van der Waals surface area contributed by atoms with Crippen LogP contribution in [0.3, 0.4) is 0 Å². The molecule has 0 aliphatic heterocycles. The topological polar surface area (TPSA) is 66.5 Å². The smallest absolute Gasteiger partial charge is 0.321 e. The highest BCUT2D eigenvalue weighted by atomic mass is 32.2. The Hall–Kier alpha value is -1.82. The molecule has 1 N–H and O–H groups in total. The van der Waals surface area contributed by atoms with E-state index in [2.05, 4.69) is 11.9 Å². The van der Waals surface area contributed by atoms with E-state index in [4.69, 9.17) is 0 Å². The van der Waals surface area contributed by atoms with Gasteiger partial charge in [-0.15, -0.1) is 0 Å². The first-order valence-electron chi connectivity index (χ1n) is 7.23. The molecule has 0 heterocycles. The van der Waals surface area contributed by atoms with E-state index < -0.39 is 15.1 Å². The largest absolute Gasteiger partial charge is 0.322 e. The van der Waals surface area contributed by atoms with E-state index in [0.29, 0.717) is 18.8 Å². The number of sulfone groups is 1. The summed E-state index contributed by atoms with van der Waals surface area (Å²) in [5.74, 6) is 0. The lowest BCUT2D eigenvalue weighted by Gasteiger charge is -2.22. The quantitative estimate of drug-likeness (QED) is 0.817. The van der Waals surface area contributed by atoms with Gasteiger partial charge in [0.15, 0.2) is 9.84 Å². The number of carbonyl (C=O) groups is 1. The second-order valence-corrected chi connectivity index (χ2v) is 7.96. The third-order valence-electron chi connectivity index (χ3n) is 3.19. The number of likely N-dealkylation sites (N-methyl/N-ethyl adjacent to an activating group) is 1. The Morgan fingerprint density at radius 2 is 1.91 bits per heavy atom. The summed E-state index contributed by atoms with van der Waals surface area (Å²) in [6, 6.07) is 6.12. The summed E-state index contributed by atoms with van der Waals surface area (Å²) in [6.45, 7) is 11.7. The molecule has 0 fully saturated rings. The van der Waals surface area contributed by atoms with Gasteiger partial charge in [-0.25, -0.2) is 13.2 Å². The van der Waals surface area contributed by atoms with Crippen LogP contribution in [0.15, 0.2) is 41.3 Å². The van der Waals surface area contributed by atoms with E-state index in [1.807, 2.05) is 13.8 Å². The Balaban J connectivity index is 3.09. The lowest BCUT2D eigenvalue weighted by molar-refractivity contribution is 0.218. The van der Waals surface area contributed by atoms with Crippen molar-refractivity contribution in [1.82, 2.24) is 4.90 Å². The van der Waals surface area contributed by atoms with Crippen molar-refractivity contribution in [3.63, 3.8) is 0 Å². The molecule has 0 aliphatic rings. The van der Waals surface area contributed by atoms with Gasteiger partial charge < -0.3 is 10.2 Å². The van der Waals surface area contributed by atoms with Crippen molar-refractivity contribution in [2.24, 2.45) is 0 Å². The summed E-state index contributed by atoms with van der Waals surface area (Å²) in [4.78, 5) is 14.0. The molecule has 5 nitrogen and oxygen atoms in total. The molecule has 0 spiro atoms. The second kappa shape index (κ2) is 7.45. The van der Waals surface area contributed by atoms with Crippen LogP contribution in [0, 0.1) is 0 Å². The molecule has 1 aromatic carbocycles. The maximum absolute atomic E-state index is 12.4. The first-order chi connectivity index (χ1) is 10.2. The van der Waals surface area contributed by atoms with E-state index in [9.17, 15) is 13.2 Å². The standard InChI is InChI=1S/C16H24N2O3S/c1-6-18(11-12(2)3)16(19)17-14-9-7-8-10-15(14)22(20,21)13(4)5/h7-10,13H,2,6,11H2,1,3-5H3,(H,17,19). The number of nitrogens with zero attached hydrogens (tertiary/aromatic N) is 1. The predicted molar refractivity (Wildman–Crippen MR) is 89.8 cm³/mol. The lowest BCUT2D eigenvalue weighted by atomic mass is 10.3. The van der Waals surface area contributed by atoms with E-state index in [-0.39, 0.29) is 10.9 Å². The highest BCUT2D eigenvalue weighted by Crippen LogP contribution is 2.25. The number of rotatable bonds is 6. The minimum Gasteiger partial charge on any atom is -0.321 e. The molecule has 0 saturated carbocycles. The molecule has 1 rings (SSSR count). The normalized spacial score (nSPS) is 11.3. The number of anilines is 1. The SMILES string of the molecule is C=C(C)CN(CC)C(=O)Nc1ccccc1S(=O)(=O)C(C)C. The predicted octanol–water partition coefficient (Wildman–Crippen LogP) is 3.30. The lowest BCUT2D eigenvalue weighted by Crippen LogP contribution is -2.36. The van der Waals surface area contributed by atoms with E-state index in [1.165, 1.54) is 6.07 Å². The van der Waals surface area contributed by atoms with Crippen LogP contribution >= 0.6 is 0 Å². The Morgan fingerprint density at radius 1 is 1.32 bits per heavy atom. The highest BCUT2D eigenvalue weighted by molar-refractivity contribution is 7.92. The molecule has 122 valence electrons. The first-order valence-corrected chi connectivity index (χ1v) is 8.78. The molecule has 0 radical (unpaired) electrons. The van der Waals surface area contributed by atoms with Crippen LogP contribution in [0.1, 0.15) is 27.7 Å². The van der Waals surface area contributed by atoms with Gasteiger partial charge in [0.1, 0.15) is 0 Å². The summed E-state index contributed by atoms with van der Waals surface area (Å²) in [5.41, 5.74) is 1.17. The Bertz CT molecular complexity index is 651.